The fourth-order valence-corrected chi connectivity index (χ4v) is 1.33. The van der Waals surface area contributed by atoms with Crippen LogP contribution in [0.1, 0.15) is 17.2 Å². The van der Waals surface area contributed by atoms with Gasteiger partial charge in [0.25, 0.3) is 0 Å². The molecule has 1 heteroatoms. The van der Waals surface area contributed by atoms with Crippen molar-refractivity contribution in [2.45, 2.75) is 13.0 Å². The first-order chi connectivity index (χ1) is 6.36. The Morgan fingerprint density at radius 1 is 1.08 bits per heavy atom. The van der Waals surface area contributed by atoms with Crippen LogP contribution in [-0.2, 0) is 4.74 Å². The highest BCUT2D eigenvalue weighted by Gasteiger charge is 2.07. The van der Waals surface area contributed by atoms with Crippen molar-refractivity contribution in [3.05, 3.63) is 59.9 Å². The predicted molar refractivity (Wildman–Crippen MR) is 53.3 cm³/mol. The molecule has 0 radical (unpaired) electrons. The Labute approximate surface area is 78.3 Å². The van der Waals surface area contributed by atoms with Crippen molar-refractivity contribution in [1.29, 1.82) is 0 Å². The maximum atomic E-state index is 5.44. The van der Waals surface area contributed by atoms with Crippen molar-refractivity contribution < 1.29 is 4.74 Å². The number of hydrogen-bond donors (Lipinski definition) is 0. The molecule has 0 bridgehead atoms. The summed E-state index contributed by atoms with van der Waals surface area (Å²) in [5.74, 6) is 0. The van der Waals surface area contributed by atoms with Crippen molar-refractivity contribution in [3.63, 3.8) is 0 Å². The molecule has 2 rings (SSSR count). The van der Waals surface area contributed by atoms with Crippen LogP contribution in [0, 0.1) is 6.92 Å². The molecule has 0 spiro atoms. The van der Waals surface area contributed by atoms with E-state index < -0.39 is 0 Å². The summed E-state index contributed by atoms with van der Waals surface area (Å²) < 4.78 is 5.44. The van der Waals surface area contributed by atoms with Crippen LogP contribution in [-0.4, -0.2) is 0 Å². The molecule has 0 amide bonds. The minimum atomic E-state index is 0.0885. The van der Waals surface area contributed by atoms with E-state index in [2.05, 4.69) is 31.2 Å². The van der Waals surface area contributed by atoms with Crippen LogP contribution in [0.5, 0.6) is 0 Å². The van der Waals surface area contributed by atoms with Gasteiger partial charge in [0.1, 0.15) is 6.10 Å². The molecular weight excluding hydrogens is 160 g/mol. The Morgan fingerprint density at radius 2 is 1.85 bits per heavy atom. The molecule has 1 aliphatic heterocycles. The molecule has 1 nitrogen and oxygen atoms in total. The van der Waals surface area contributed by atoms with Gasteiger partial charge in [0.2, 0.25) is 0 Å². The van der Waals surface area contributed by atoms with Gasteiger partial charge in [0.15, 0.2) is 0 Å². The molecule has 1 atom stereocenters. The highest BCUT2D eigenvalue weighted by Crippen LogP contribution is 2.21. The lowest BCUT2D eigenvalue weighted by molar-refractivity contribution is 0.186. The van der Waals surface area contributed by atoms with Gasteiger partial charge in [-0.25, -0.2) is 0 Å². The molecule has 1 unspecified atom stereocenters. The number of aryl methyl sites for hydroxylation is 1. The zero-order valence-corrected chi connectivity index (χ0v) is 7.60. The molecule has 0 fully saturated rings. The number of benzene rings is 1. The fourth-order valence-electron chi connectivity index (χ4n) is 1.33. The first-order valence-electron chi connectivity index (χ1n) is 4.41. The summed E-state index contributed by atoms with van der Waals surface area (Å²) in [6.07, 6.45) is 7.76. The molecule has 1 aromatic rings. The van der Waals surface area contributed by atoms with Crippen LogP contribution < -0.4 is 0 Å². The van der Waals surface area contributed by atoms with E-state index in [0.29, 0.717) is 0 Å². The normalized spacial score (nSPS) is 19.9. The second kappa shape index (κ2) is 3.48. The Balaban J connectivity index is 2.21. The van der Waals surface area contributed by atoms with E-state index in [-0.39, 0.29) is 6.10 Å². The van der Waals surface area contributed by atoms with Crippen LogP contribution in [0.3, 0.4) is 0 Å². The minimum Gasteiger partial charge on any atom is -0.489 e. The van der Waals surface area contributed by atoms with Crippen molar-refractivity contribution in [3.8, 4) is 0 Å². The van der Waals surface area contributed by atoms with E-state index in [4.69, 9.17) is 4.74 Å². The van der Waals surface area contributed by atoms with Crippen LogP contribution >= 0.6 is 0 Å². The Kier molecular flexibility index (Phi) is 2.17. The second-order valence-electron chi connectivity index (χ2n) is 3.18. The van der Waals surface area contributed by atoms with Gasteiger partial charge in [0.05, 0.1) is 6.26 Å². The number of rotatable bonds is 1. The van der Waals surface area contributed by atoms with E-state index in [0.717, 1.165) is 0 Å². The Bertz CT molecular complexity index is 333. The number of allylic oxidation sites excluding steroid dienone is 2. The lowest BCUT2D eigenvalue weighted by atomic mass is 10.1. The van der Waals surface area contributed by atoms with Crippen LogP contribution in [0.4, 0.5) is 0 Å². The molecule has 66 valence electrons. The SMILES string of the molecule is Cc1ccc(C2C=CC=CO2)cc1. The first-order valence-corrected chi connectivity index (χ1v) is 4.41. The maximum absolute atomic E-state index is 5.44. The summed E-state index contributed by atoms with van der Waals surface area (Å²) in [5, 5.41) is 0. The van der Waals surface area contributed by atoms with E-state index >= 15 is 0 Å². The van der Waals surface area contributed by atoms with Crippen molar-refractivity contribution in [2.24, 2.45) is 0 Å². The number of ether oxygens (including phenoxy) is 1. The van der Waals surface area contributed by atoms with Gasteiger partial charge in [0, 0.05) is 0 Å². The largest absolute Gasteiger partial charge is 0.489 e. The standard InChI is InChI=1S/C12H12O/c1-10-5-7-11(8-6-10)12-4-2-3-9-13-12/h2-9,12H,1H3. The van der Waals surface area contributed by atoms with Gasteiger partial charge >= 0.3 is 0 Å². The molecule has 1 aromatic carbocycles. The molecule has 0 aromatic heterocycles. The summed E-state index contributed by atoms with van der Waals surface area (Å²) in [5.41, 5.74) is 2.48. The molecular formula is C12H12O. The molecule has 1 aliphatic rings. The Hall–Kier alpha value is -1.50. The topological polar surface area (TPSA) is 9.23 Å². The Morgan fingerprint density at radius 3 is 2.46 bits per heavy atom. The minimum absolute atomic E-state index is 0.0885. The summed E-state index contributed by atoms with van der Waals surface area (Å²) in [6.45, 7) is 2.08. The predicted octanol–water partition coefficient (Wildman–Crippen LogP) is 3.14. The third kappa shape index (κ3) is 1.81. The van der Waals surface area contributed by atoms with E-state index in [1.165, 1.54) is 11.1 Å². The average molecular weight is 172 g/mol. The molecule has 0 N–H and O–H groups in total. The lowest BCUT2D eigenvalue weighted by Gasteiger charge is -2.15. The van der Waals surface area contributed by atoms with Gasteiger partial charge in [-0.2, -0.15) is 0 Å². The monoisotopic (exact) mass is 172 g/mol. The summed E-state index contributed by atoms with van der Waals surface area (Å²) in [7, 11) is 0. The van der Waals surface area contributed by atoms with Gasteiger partial charge in [-0.3, -0.25) is 0 Å². The molecule has 0 saturated carbocycles. The molecule has 13 heavy (non-hydrogen) atoms. The fraction of sp³-hybridized carbons (Fsp3) is 0.167. The third-order valence-corrected chi connectivity index (χ3v) is 2.11. The van der Waals surface area contributed by atoms with Crippen molar-refractivity contribution >= 4 is 0 Å². The molecule has 0 aliphatic carbocycles. The molecule has 1 heterocycles. The average Bonchev–Trinajstić information content (AvgIpc) is 2.20. The summed E-state index contributed by atoms with van der Waals surface area (Å²) >= 11 is 0. The zero-order valence-electron chi connectivity index (χ0n) is 7.60. The highest BCUT2D eigenvalue weighted by atomic mass is 16.5. The van der Waals surface area contributed by atoms with Crippen LogP contribution in [0.2, 0.25) is 0 Å². The highest BCUT2D eigenvalue weighted by molar-refractivity contribution is 5.27. The summed E-state index contributed by atoms with van der Waals surface area (Å²) in [4.78, 5) is 0. The van der Waals surface area contributed by atoms with Crippen LogP contribution in [0.15, 0.2) is 48.8 Å². The number of hydrogen-bond acceptors (Lipinski definition) is 1. The third-order valence-electron chi connectivity index (χ3n) is 2.11. The van der Waals surface area contributed by atoms with Gasteiger partial charge < -0.3 is 4.74 Å². The quantitative estimate of drug-likeness (QED) is 0.632. The van der Waals surface area contributed by atoms with Gasteiger partial charge in [-0.1, -0.05) is 35.9 Å². The van der Waals surface area contributed by atoms with Gasteiger partial charge in [-0.05, 0) is 24.6 Å². The van der Waals surface area contributed by atoms with Crippen molar-refractivity contribution in [2.75, 3.05) is 0 Å². The lowest BCUT2D eigenvalue weighted by Crippen LogP contribution is -1.98. The first kappa shape index (κ1) is 8.11. The van der Waals surface area contributed by atoms with Gasteiger partial charge in [-0.15, -0.1) is 0 Å². The zero-order chi connectivity index (χ0) is 9.10. The van der Waals surface area contributed by atoms with Crippen molar-refractivity contribution in [1.82, 2.24) is 0 Å². The smallest absolute Gasteiger partial charge is 0.141 e. The maximum Gasteiger partial charge on any atom is 0.141 e. The summed E-state index contributed by atoms with van der Waals surface area (Å²) in [6, 6.07) is 8.41. The second-order valence-corrected chi connectivity index (χ2v) is 3.18. The van der Waals surface area contributed by atoms with Crippen LogP contribution in [0.25, 0.3) is 0 Å². The van der Waals surface area contributed by atoms with E-state index in [9.17, 15) is 0 Å². The van der Waals surface area contributed by atoms with E-state index in [1.54, 1.807) is 6.26 Å². The van der Waals surface area contributed by atoms with E-state index in [1.807, 2.05) is 18.2 Å². The molecule has 0 saturated heterocycles.